The molecule has 126 valence electrons. The van der Waals surface area contributed by atoms with Gasteiger partial charge in [0.05, 0.1) is 23.0 Å². The number of benzene rings is 1. The summed E-state index contributed by atoms with van der Waals surface area (Å²) in [6, 6.07) is 7.87. The molecule has 1 saturated heterocycles. The number of hydrogen-bond acceptors (Lipinski definition) is 5. The van der Waals surface area contributed by atoms with Gasteiger partial charge in [-0.3, -0.25) is 0 Å². The van der Waals surface area contributed by atoms with Crippen LogP contribution in [-0.4, -0.2) is 34.1 Å². The number of hydrogen-bond donors (Lipinski definition) is 2. The molecule has 1 atom stereocenters. The van der Waals surface area contributed by atoms with E-state index >= 15 is 0 Å². The highest BCUT2D eigenvalue weighted by molar-refractivity contribution is 5.97. The number of ether oxygens (including phenoxy) is 1. The number of para-hydroxylation sites is 1. The van der Waals surface area contributed by atoms with Gasteiger partial charge in [0.25, 0.3) is 0 Å². The molecule has 0 saturated carbocycles. The van der Waals surface area contributed by atoms with Crippen LogP contribution in [0, 0.1) is 18.3 Å². The number of aromatic amines is 1. The molecule has 0 radical (unpaired) electrons. The molecule has 1 aromatic carbocycles. The number of aromatic nitrogens is 3. The molecule has 0 aliphatic carbocycles. The van der Waals surface area contributed by atoms with Crippen molar-refractivity contribution in [2.45, 2.75) is 25.9 Å². The van der Waals surface area contributed by atoms with Gasteiger partial charge in [-0.1, -0.05) is 12.1 Å². The summed E-state index contributed by atoms with van der Waals surface area (Å²) < 4.78 is 6.00. The van der Waals surface area contributed by atoms with Gasteiger partial charge in [0, 0.05) is 23.7 Å². The molecule has 1 unspecified atom stereocenters. The topological polar surface area (TPSA) is 86.6 Å². The second-order valence-electron chi connectivity index (χ2n) is 6.27. The summed E-state index contributed by atoms with van der Waals surface area (Å²) in [5, 5.41) is 13.5. The Morgan fingerprint density at radius 3 is 3.04 bits per heavy atom. The Bertz CT molecular complexity index is 950. The van der Waals surface area contributed by atoms with E-state index in [1.54, 1.807) is 12.3 Å². The van der Waals surface area contributed by atoms with Gasteiger partial charge in [0.2, 0.25) is 5.88 Å². The zero-order valence-electron chi connectivity index (χ0n) is 14.0. The largest absolute Gasteiger partial charge is 0.472 e. The number of nitrogens with zero attached hydrogens (tertiary/aromatic N) is 3. The summed E-state index contributed by atoms with van der Waals surface area (Å²) in [5.74, 6) is 0.593. The fraction of sp³-hybridized carbons (Fsp3) is 0.316. The van der Waals surface area contributed by atoms with Crippen molar-refractivity contribution in [3.05, 3.63) is 41.9 Å². The molecule has 6 nitrogen and oxygen atoms in total. The summed E-state index contributed by atoms with van der Waals surface area (Å²) >= 11 is 0. The fourth-order valence-corrected chi connectivity index (χ4v) is 3.25. The molecule has 1 aliphatic rings. The van der Waals surface area contributed by atoms with Crippen molar-refractivity contribution in [1.82, 2.24) is 20.3 Å². The van der Waals surface area contributed by atoms with Gasteiger partial charge >= 0.3 is 0 Å². The van der Waals surface area contributed by atoms with E-state index in [4.69, 9.17) is 4.74 Å². The molecule has 0 amide bonds. The van der Waals surface area contributed by atoms with E-state index in [2.05, 4.69) is 26.3 Å². The first-order valence-corrected chi connectivity index (χ1v) is 8.48. The molecule has 25 heavy (non-hydrogen) atoms. The smallest absolute Gasteiger partial charge is 0.235 e. The quantitative estimate of drug-likeness (QED) is 0.769. The SMILES string of the molecule is Cc1nc(-c2c[nH]c3c(C#N)cccc23)cnc1OC1CCCNC1. The second-order valence-corrected chi connectivity index (χ2v) is 6.27. The first-order chi connectivity index (χ1) is 12.3. The molecule has 6 heteroatoms. The van der Waals surface area contributed by atoms with E-state index in [0.717, 1.165) is 53.8 Å². The van der Waals surface area contributed by atoms with Crippen LogP contribution >= 0.6 is 0 Å². The maximum absolute atomic E-state index is 9.23. The van der Waals surface area contributed by atoms with E-state index < -0.39 is 0 Å². The van der Waals surface area contributed by atoms with E-state index in [0.29, 0.717) is 11.4 Å². The Morgan fingerprint density at radius 1 is 1.36 bits per heavy atom. The molecule has 1 fully saturated rings. The van der Waals surface area contributed by atoms with Gasteiger partial charge in [-0.05, 0) is 32.4 Å². The van der Waals surface area contributed by atoms with E-state index in [9.17, 15) is 5.26 Å². The maximum atomic E-state index is 9.23. The van der Waals surface area contributed by atoms with Gasteiger partial charge in [0.1, 0.15) is 17.9 Å². The predicted octanol–water partition coefficient (Wildman–Crippen LogP) is 2.94. The first-order valence-electron chi connectivity index (χ1n) is 8.48. The van der Waals surface area contributed by atoms with Crippen LogP contribution in [0.2, 0.25) is 0 Å². The van der Waals surface area contributed by atoms with E-state index in [-0.39, 0.29) is 6.10 Å². The molecule has 2 aromatic heterocycles. The summed E-state index contributed by atoms with van der Waals surface area (Å²) in [6.45, 7) is 3.81. The standard InChI is InChI=1S/C19H19N5O/c1-12-19(25-14-5-3-7-21-9-14)23-11-17(24-12)16-10-22-18-13(8-20)4-2-6-15(16)18/h2,4,6,10-11,14,21-22H,3,5,7,9H2,1H3. The van der Waals surface area contributed by atoms with Gasteiger partial charge < -0.3 is 15.0 Å². The van der Waals surface area contributed by atoms with Crippen LogP contribution in [0.1, 0.15) is 24.1 Å². The molecule has 4 rings (SSSR count). The Labute approximate surface area is 145 Å². The van der Waals surface area contributed by atoms with Crippen molar-refractivity contribution in [2.24, 2.45) is 0 Å². The third-order valence-electron chi connectivity index (χ3n) is 4.54. The van der Waals surface area contributed by atoms with E-state index in [1.807, 2.05) is 25.3 Å². The highest BCUT2D eigenvalue weighted by Gasteiger charge is 2.18. The number of piperidine rings is 1. The first kappa shape index (κ1) is 15.6. The minimum absolute atomic E-state index is 0.152. The summed E-state index contributed by atoms with van der Waals surface area (Å²) in [7, 11) is 0. The van der Waals surface area contributed by atoms with Crippen LogP contribution in [0.25, 0.3) is 22.2 Å². The Hall–Kier alpha value is -2.91. The lowest BCUT2D eigenvalue weighted by Gasteiger charge is -2.23. The normalized spacial score (nSPS) is 17.4. The highest BCUT2D eigenvalue weighted by atomic mass is 16.5. The summed E-state index contributed by atoms with van der Waals surface area (Å²) in [4.78, 5) is 12.3. The summed E-state index contributed by atoms with van der Waals surface area (Å²) in [6.07, 6.45) is 5.92. The van der Waals surface area contributed by atoms with Crippen LogP contribution in [-0.2, 0) is 0 Å². The van der Waals surface area contributed by atoms with Crippen molar-refractivity contribution in [1.29, 1.82) is 5.26 Å². The number of rotatable bonds is 3. The van der Waals surface area contributed by atoms with E-state index in [1.165, 1.54) is 0 Å². The minimum atomic E-state index is 0.152. The molecule has 0 spiro atoms. The zero-order chi connectivity index (χ0) is 17.2. The number of H-pyrrole nitrogens is 1. The van der Waals surface area contributed by atoms with Gasteiger partial charge in [-0.15, -0.1) is 0 Å². The van der Waals surface area contributed by atoms with Crippen LogP contribution in [0.5, 0.6) is 5.88 Å². The van der Waals surface area contributed by atoms with Crippen molar-refractivity contribution in [3.8, 4) is 23.2 Å². The predicted molar refractivity (Wildman–Crippen MR) is 95.3 cm³/mol. The molecular weight excluding hydrogens is 314 g/mol. The van der Waals surface area contributed by atoms with Crippen molar-refractivity contribution in [3.63, 3.8) is 0 Å². The lowest BCUT2D eigenvalue weighted by Crippen LogP contribution is -2.37. The lowest BCUT2D eigenvalue weighted by atomic mass is 10.1. The minimum Gasteiger partial charge on any atom is -0.472 e. The number of nitrogens with one attached hydrogen (secondary N) is 2. The van der Waals surface area contributed by atoms with Crippen LogP contribution in [0.4, 0.5) is 0 Å². The Balaban J connectivity index is 1.66. The molecule has 0 bridgehead atoms. The molecule has 3 aromatic rings. The third-order valence-corrected chi connectivity index (χ3v) is 4.54. The Morgan fingerprint density at radius 2 is 2.28 bits per heavy atom. The number of nitriles is 1. The Kier molecular flexibility index (Phi) is 4.08. The lowest BCUT2D eigenvalue weighted by molar-refractivity contribution is 0.158. The van der Waals surface area contributed by atoms with Crippen molar-refractivity contribution < 1.29 is 4.74 Å². The average molecular weight is 333 g/mol. The molecule has 2 N–H and O–H groups in total. The zero-order valence-corrected chi connectivity index (χ0v) is 14.0. The van der Waals surface area contributed by atoms with Crippen molar-refractivity contribution >= 4 is 10.9 Å². The van der Waals surface area contributed by atoms with Crippen LogP contribution in [0.3, 0.4) is 0 Å². The molecule has 1 aliphatic heterocycles. The average Bonchev–Trinajstić information content (AvgIpc) is 3.08. The molecule has 3 heterocycles. The van der Waals surface area contributed by atoms with Crippen molar-refractivity contribution in [2.75, 3.05) is 13.1 Å². The number of fused-ring (bicyclic) bond motifs is 1. The molecular formula is C19H19N5O. The van der Waals surface area contributed by atoms with Gasteiger partial charge in [-0.2, -0.15) is 5.26 Å². The van der Waals surface area contributed by atoms with Crippen LogP contribution in [0.15, 0.2) is 30.6 Å². The number of aryl methyl sites for hydroxylation is 1. The summed E-state index contributed by atoms with van der Waals surface area (Å²) in [5.41, 5.74) is 3.93. The second kappa shape index (κ2) is 6.54. The van der Waals surface area contributed by atoms with Gasteiger partial charge in [-0.25, -0.2) is 9.97 Å². The van der Waals surface area contributed by atoms with Crippen LogP contribution < -0.4 is 10.1 Å². The highest BCUT2D eigenvalue weighted by Crippen LogP contribution is 2.30. The van der Waals surface area contributed by atoms with Gasteiger partial charge in [0.15, 0.2) is 0 Å². The fourth-order valence-electron chi connectivity index (χ4n) is 3.25. The maximum Gasteiger partial charge on any atom is 0.235 e. The monoisotopic (exact) mass is 333 g/mol. The third kappa shape index (κ3) is 2.94.